The second-order valence-corrected chi connectivity index (χ2v) is 17.0. The molecule has 2 fully saturated rings. The minimum Gasteiger partial charge on any atom is -0.310 e. The molecule has 6 aromatic rings. The molecule has 3 aliphatic carbocycles. The molecular formula is C49H49N. The fourth-order valence-electron chi connectivity index (χ4n) is 10.1. The Hall–Kier alpha value is -4.62. The van der Waals surface area contributed by atoms with Crippen molar-refractivity contribution in [2.45, 2.75) is 84.0 Å². The molecule has 0 N–H and O–H groups in total. The SMILES string of the molecule is Cc1cccc2c1-c1ccc(N(c3cc4ccccc4cc3-c3ccccc3C(C)(C)C)c3ccccc3C3CC4CCC3C4)cc1C2(C)C. The van der Waals surface area contributed by atoms with Gasteiger partial charge in [-0.2, -0.15) is 0 Å². The van der Waals surface area contributed by atoms with Gasteiger partial charge in [-0.05, 0) is 135 Å². The van der Waals surface area contributed by atoms with Crippen LogP contribution in [0, 0.1) is 18.8 Å². The van der Waals surface area contributed by atoms with Crippen LogP contribution in [-0.2, 0) is 10.8 Å². The average molecular weight is 652 g/mol. The maximum Gasteiger partial charge on any atom is 0.0546 e. The summed E-state index contributed by atoms with van der Waals surface area (Å²) in [5.74, 6) is 2.28. The molecule has 0 saturated heterocycles. The summed E-state index contributed by atoms with van der Waals surface area (Å²) in [5, 5.41) is 2.55. The molecule has 1 nitrogen and oxygen atoms in total. The van der Waals surface area contributed by atoms with E-state index in [4.69, 9.17) is 0 Å². The minimum absolute atomic E-state index is 0.00738. The number of hydrogen-bond acceptors (Lipinski definition) is 1. The Labute approximate surface area is 299 Å². The molecule has 1 heteroatoms. The Morgan fingerprint density at radius 2 is 1.36 bits per heavy atom. The zero-order valence-corrected chi connectivity index (χ0v) is 30.6. The van der Waals surface area contributed by atoms with E-state index in [1.807, 2.05) is 0 Å². The third-order valence-corrected chi connectivity index (χ3v) is 12.6. The molecule has 3 unspecified atom stereocenters. The van der Waals surface area contributed by atoms with Crippen molar-refractivity contribution in [3.8, 4) is 22.3 Å². The van der Waals surface area contributed by atoms with Crippen molar-refractivity contribution in [2.75, 3.05) is 4.90 Å². The van der Waals surface area contributed by atoms with E-state index in [9.17, 15) is 0 Å². The first kappa shape index (κ1) is 31.4. The molecule has 6 aromatic carbocycles. The first-order chi connectivity index (χ1) is 24.1. The second-order valence-electron chi connectivity index (χ2n) is 17.0. The lowest BCUT2D eigenvalue weighted by Gasteiger charge is -2.34. The van der Waals surface area contributed by atoms with Crippen molar-refractivity contribution < 1.29 is 0 Å². The summed E-state index contributed by atoms with van der Waals surface area (Å²) in [5.41, 5.74) is 16.2. The van der Waals surface area contributed by atoms with E-state index in [1.165, 1.54) is 104 Å². The summed E-state index contributed by atoms with van der Waals surface area (Å²) >= 11 is 0. The van der Waals surface area contributed by atoms with E-state index in [0.717, 1.165) is 11.8 Å². The molecule has 2 saturated carbocycles. The highest BCUT2D eigenvalue weighted by atomic mass is 15.1. The van der Waals surface area contributed by atoms with Gasteiger partial charge in [-0.3, -0.25) is 0 Å². The fourth-order valence-corrected chi connectivity index (χ4v) is 10.1. The number of fused-ring (bicyclic) bond motifs is 6. The first-order valence-corrected chi connectivity index (χ1v) is 18.9. The molecule has 0 spiro atoms. The lowest BCUT2D eigenvalue weighted by molar-refractivity contribution is 0.420. The minimum atomic E-state index is -0.0897. The van der Waals surface area contributed by atoms with E-state index in [0.29, 0.717) is 5.92 Å². The summed E-state index contributed by atoms with van der Waals surface area (Å²) < 4.78 is 0. The van der Waals surface area contributed by atoms with Gasteiger partial charge in [0, 0.05) is 22.4 Å². The molecule has 0 heterocycles. The standard InChI is InChI=1S/C49H49N/c1-31-14-13-20-43-47(31)39-25-24-36(30-44(39)49(43,5)6)50(45-21-12-10-18-38(45)40-27-32-22-23-35(40)26-32)46-29-34-16-8-7-15-33(34)28-41(46)37-17-9-11-19-42(37)48(2,3)4/h7-21,24-25,28-30,32,35,40H,22-23,26-27H2,1-6H3. The van der Waals surface area contributed by atoms with Gasteiger partial charge in [0.15, 0.2) is 0 Å². The Morgan fingerprint density at radius 1 is 0.620 bits per heavy atom. The number of anilines is 3. The molecule has 3 aliphatic rings. The number of para-hydroxylation sites is 1. The summed E-state index contributed by atoms with van der Waals surface area (Å²) in [4.78, 5) is 2.65. The zero-order chi connectivity index (χ0) is 34.4. The van der Waals surface area contributed by atoms with Gasteiger partial charge < -0.3 is 4.90 Å². The Bertz CT molecular complexity index is 2280. The summed E-state index contributed by atoms with van der Waals surface area (Å²) in [6, 6.07) is 46.5. The Morgan fingerprint density at radius 3 is 2.12 bits per heavy atom. The van der Waals surface area contributed by atoms with Crippen molar-refractivity contribution in [1.29, 1.82) is 0 Å². The van der Waals surface area contributed by atoms with Gasteiger partial charge in [0.1, 0.15) is 0 Å². The van der Waals surface area contributed by atoms with Crippen LogP contribution in [0.2, 0.25) is 0 Å². The van der Waals surface area contributed by atoms with Crippen molar-refractivity contribution in [3.05, 3.63) is 149 Å². The third kappa shape index (κ3) is 4.88. The Balaban J connectivity index is 1.34. The van der Waals surface area contributed by atoms with E-state index in [1.54, 1.807) is 0 Å². The van der Waals surface area contributed by atoms with Crippen LogP contribution in [0.3, 0.4) is 0 Å². The molecule has 2 bridgehead atoms. The lowest BCUT2D eigenvalue weighted by Crippen LogP contribution is -2.19. The topological polar surface area (TPSA) is 3.24 Å². The third-order valence-electron chi connectivity index (χ3n) is 12.6. The largest absolute Gasteiger partial charge is 0.310 e. The van der Waals surface area contributed by atoms with Gasteiger partial charge in [0.2, 0.25) is 0 Å². The fraction of sp³-hybridized carbons (Fsp3) is 0.306. The summed E-state index contributed by atoms with van der Waals surface area (Å²) in [7, 11) is 0. The highest BCUT2D eigenvalue weighted by Gasteiger charge is 2.42. The molecule has 0 aliphatic heterocycles. The van der Waals surface area contributed by atoms with Gasteiger partial charge in [-0.15, -0.1) is 0 Å². The molecule has 3 atom stereocenters. The predicted molar refractivity (Wildman–Crippen MR) is 213 cm³/mol. The number of nitrogens with zero attached hydrogens (tertiary/aromatic N) is 1. The van der Waals surface area contributed by atoms with Gasteiger partial charge in [-0.25, -0.2) is 0 Å². The van der Waals surface area contributed by atoms with E-state index >= 15 is 0 Å². The van der Waals surface area contributed by atoms with Crippen LogP contribution in [0.15, 0.2) is 121 Å². The zero-order valence-electron chi connectivity index (χ0n) is 30.6. The van der Waals surface area contributed by atoms with Gasteiger partial charge in [0.25, 0.3) is 0 Å². The van der Waals surface area contributed by atoms with Crippen LogP contribution in [0.25, 0.3) is 33.0 Å². The van der Waals surface area contributed by atoms with Gasteiger partial charge in [-0.1, -0.05) is 132 Å². The Kier molecular flexibility index (Phi) is 7.19. The molecule has 9 rings (SSSR count). The monoisotopic (exact) mass is 651 g/mol. The molecule has 0 radical (unpaired) electrons. The van der Waals surface area contributed by atoms with Crippen LogP contribution < -0.4 is 4.90 Å². The highest BCUT2D eigenvalue weighted by molar-refractivity contribution is 6.00. The molecule has 250 valence electrons. The van der Waals surface area contributed by atoms with Gasteiger partial charge >= 0.3 is 0 Å². The van der Waals surface area contributed by atoms with E-state index in [2.05, 4.69) is 168 Å². The summed E-state index contributed by atoms with van der Waals surface area (Å²) in [6.45, 7) is 14.1. The number of hydrogen-bond donors (Lipinski definition) is 0. The maximum atomic E-state index is 2.65. The van der Waals surface area contributed by atoms with Crippen LogP contribution in [0.5, 0.6) is 0 Å². The van der Waals surface area contributed by atoms with Gasteiger partial charge in [0.05, 0.1) is 5.69 Å². The molecule has 50 heavy (non-hydrogen) atoms. The van der Waals surface area contributed by atoms with Crippen molar-refractivity contribution in [2.24, 2.45) is 11.8 Å². The first-order valence-electron chi connectivity index (χ1n) is 18.9. The normalized spacial score (nSPS) is 20.2. The van der Waals surface area contributed by atoms with Crippen LogP contribution in [0.1, 0.15) is 94.0 Å². The smallest absolute Gasteiger partial charge is 0.0546 e. The molecular weight excluding hydrogens is 603 g/mol. The van der Waals surface area contributed by atoms with Crippen LogP contribution in [-0.4, -0.2) is 0 Å². The number of aryl methyl sites for hydroxylation is 1. The van der Waals surface area contributed by atoms with Crippen molar-refractivity contribution in [1.82, 2.24) is 0 Å². The predicted octanol–water partition coefficient (Wildman–Crippen LogP) is 13.8. The second kappa shape index (κ2) is 11.5. The number of rotatable bonds is 5. The summed E-state index contributed by atoms with van der Waals surface area (Å²) in [6.07, 6.45) is 5.49. The van der Waals surface area contributed by atoms with E-state index < -0.39 is 0 Å². The van der Waals surface area contributed by atoms with E-state index in [-0.39, 0.29) is 10.8 Å². The maximum absolute atomic E-state index is 2.65. The molecule has 0 amide bonds. The van der Waals surface area contributed by atoms with Crippen molar-refractivity contribution in [3.63, 3.8) is 0 Å². The molecule has 0 aromatic heterocycles. The van der Waals surface area contributed by atoms with Crippen LogP contribution in [0.4, 0.5) is 17.1 Å². The van der Waals surface area contributed by atoms with Crippen LogP contribution >= 0.6 is 0 Å². The van der Waals surface area contributed by atoms with Crippen molar-refractivity contribution >= 4 is 27.8 Å². The average Bonchev–Trinajstić information content (AvgIpc) is 3.81. The quantitative estimate of drug-likeness (QED) is 0.179. The lowest BCUT2D eigenvalue weighted by atomic mass is 9.80. The number of benzene rings is 6. The highest BCUT2D eigenvalue weighted by Crippen LogP contribution is 2.57.